The van der Waals surface area contributed by atoms with Gasteiger partial charge < -0.3 is 9.84 Å². The first-order valence-electron chi connectivity index (χ1n) is 7.31. The molecule has 1 fully saturated rings. The molecular weight excluding hydrogens is 259 g/mol. The first-order valence-corrected chi connectivity index (χ1v) is 7.31. The van der Waals surface area contributed by atoms with Crippen LogP contribution in [-0.2, 0) is 9.53 Å². The number of fused-ring (bicyclic) bond motifs is 1. The van der Waals surface area contributed by atoms with Crippen LogP contribution in [0.15, 0.2) is 11.6 Å². The number of carbonyl (C=O) groups is 1. The van der Waals surface area contributed by atoms with Gasteiger partial charge in [-0.15, -0.1) is 0 Å². The maximum absolute atomic E-state index is 15.8. The summed E-state index contributed by atoms with van der Waals surface area (Å²) in [6.07, 6.45) is 4.98. The van der Waals surface area contributed by atoms with Gasteiger partial charge in [0.15, 0.2) is 0 Å². The van der Waals surface area contributed by atoms with E-state index in [2.05, 4.69) is 13.8 Å². The van der Waals surface area contributed by atoms with Crippen molar-refractivity contribution >= 4 is 5.97 Å². The molecule has 3 nitrogen and oxygen atoms in total. The first kappa shape index (κ1) is 15.5. The molecule has 0 spiro atoms. The van der Waals surface area contributed by atoms with Gasteiger partial charge in [-0.25, -0.2) is 9.18 Å². The van der Waals surface area contributed by atoms with Crippen LogP contribution in [-0.4, -0.2) is 30.5 Å². The molecule has 1 N–H and O–H groups in total. The van der Waals surface area contributed by atoms with Gasteiger partial charge in [-0.05, 0) is 36.2 Å². The van der Waals surface area contributed by atoms with Crippen molar-refractivity contribution in [1.82, 2.24) is 0 Å². The predicted octanol–water partition coefficient (Wildman–Crippen LogP) is 3.02. The smallest absolute Gasteiger partial charge is 0.348 e. The van der Waals surface area contributed by atoms with Gasteiger partial charge in [0, 0.05) is 5.41 Å². The van der Waals surface area contributed by atoms with Crippen molar-refractivity contribution < 1.29 is 19.0 Å². The minimum atomic E-state index is -2.21. The Hall–Kier alpha value is -0.900. The molecule has 0 radical (unpaired) electrons. The second-order valence-electron chi connectivity index (χ2n) is 7.09. The molecule has 0 bridgehead atoms. The normalized spacial score (nSPS) is 39.7. The molecule has 0 aromatic heterocycles. The van der Waals surface area contributed by atoms with Crippen molar-refractivity contribution in [2.24, 2.45) is 16.7 Å². The standard InChI is InChI=1S/C16H25FO3/c1-14(2)8-5-9-15(3)12(14)7-6-11(10-18)16(15,17)13(19)20-4/h6,12,18H,5,7-10H2,1-4H3/t12-,15-,16-/m0/s1. The lowest BCUT2D eigenvalue weighted by Gasteiger charge is -2.57. The number of rotatable bonds is 2. The zero-order valence-corrected chi connectivity index (χ0v) is 12.8. The summed E-state index contributed by atoms with van der Waals surface area (Å²) < 4.78 is 20.5. The summed E-state index contributed by atoms with van der Waals surface area (Å²) in [5.74, 6) is -0.800. The van der Waals surface area contributed by atoms with E-state index in [1.54, 1.807) is 6.08 Å². The molecule has 2 aliphatic rings. The van der Waals surface area contributed by atoms with Crippen LogP contribution >= 0.6 is 0 Å². The van der Waals surface area contributed by atoms with Crippen LogP contribution in [0.2, 0.25) is 0 Å². The fourth-order valence-electron chi connectivity index (χ4n) is 4.56. The molecule has 0 heterocycles. The van der Waals surface area contributed by atoms with Gasteiger partial charge in [0.2, 0.25) is 5.67 Å². The van der Waals surface area contributed by atoms with Crippen LogP contribution in [0, 0.1) is 16.7 Å². The first-order chi connectivity index (χ1) is 9.24. The molecule has 0 aromatic carbocycles. The molecule has 20 heavy (non-hydrogen) atoms. The van der Waals surface area contributed by atoms with Crippen molar-refractivity contribution in [3.8, 4) is 0 Å². The highest BCUT2D eigenvalue weighted by atomic mass is 19.1. The maximum atomic E-state index is 15.8. The molecule has 2 aliphatic carbocycles. The lowest BCUT2D eigenvalue weighted by molar-refractivity contribution is -0.175. The van der Waals surface area contributed by atoms with Gasteiger partial charge >= 0.3 is 5.97 Å². The number of aliphatic hydroxyl groups excluding tert-OH is 1. The van der Waals surface area contributed by atoms with Crippen LogP contribution < -0.4 is 0 Å². The van der Waals surface area contributed by atoms with Crippen LogP contribution in [0.5, 0.6) is 0 Å². The Morgan fingerprint density at radius 3 is 2.65 bits per heavy atom. The van der Waals surface area contributed by atoms with Gasteiger partial charge in [-0.2, -0.15) is 0 Å². The Bertz CT molecular complexity index is 443. The summed E-state index contributed by atoms with van der Waals surface area (Å²) in [6, 6.07) is 0. The van der Waals surface area contributed by atoms with E-state index in [0.717, 1.165) is 12.8 Å². The molecule has 2 rings (SSSR count). The number of allylic oxidation sites excluding steroid dienone is 1. The minimum absolute atomic E-state index is 0.0180. The Labute approximate surface area is 120 Å². The summed E-state index contributed by atoms with van der Waals surface area (Å²) >= 11 is 0. The number of hydrogen-bond donors (Lipinski definition) is 1. The van der Waals surface area contributed by atoms with Gasteiger partial charge in [-0.3, -0.25) is 0 Å². The summed E-state index contributed by atoms with van der Waals surface area (Å²) in [6.45, 7) is 5.70. The Balaban J connectivity index is 2.59. The molecule has 1 saturated carbocycles. The molecule has 114 valence electrons. The summed E-state index contributed by atoms with van der Waals surface area (Å²) in [5.41, 5.74) is -2.87. The third-order valence-electron chi connectivity index (χ3n) is 5.70. The second kappa shape index (κ2) is 4.83. The van der Waals surface area contributed by atoms with E-state index < -0.39 is 23.7 Å². The largest absolute Gasteiger partial charge is 0.466 e. The summed E-state index contributed by atoms with van der Waals surface area (Å²) in [7, 11) is 1.21. The van der Waals surface area contributed by atoms with Gasteiger partial charge in [0.05, 0.1) is 13.7 Å². The lowest BCUT2D eigenvalue weighted by Crippen LogP contribution is -2.61. The number of hydrogen-bond acceptors (Lipinski definition) is 3. The third-order valence-corrected chi connectivity index (χ3v) is 5.70. The average Bonchev–Trinajstić information content (AvgIpc) is 2.39. The Morgan fingerprint density at radius 2 is 2.10 bits per heavy atom. The van der Waals surface area contributed by atoms with Gasteiger partial charge in [-0.1, -0.05) is 33.3 Å². The quantitative estimate of drug-likeness (QED) is 0.626. The number of aliphatic hydroxyl groups is 1. The van der Waals surface area contributed by atoms with Crippen molar-refractivity contribution in [1.29, 1.82) is 0 Å². The summed E-state index contributed by atoms with van der Waals surface area (Å²) in [5, 5.41) is 9.49. The monoisotopic (exact) mass is 284 g/mol. The minimum Gasteiger partial charge on any atom is -0.466 e. The van der Waals surface area contributed by atoms with Gasteiger partial charge in [0.25, 0.3) is 0 Å². The number of esters is 1. The number of halogens is 1. The maximum Gasteiger partial charge on any atom is 0.348 e. The highest BCUT2D eigenvalue weighted by molar-refractivity contribution is 5.85. The molecule has 0 amide bonds. The zero-order valence-electron chi connectivity index (χ0n) is 12.8. The number of methoxy groups -OCH3 is 1. The van der Waals surface area contributed by atoms with Crippen LogP contribution in [0.4, 0.5) is 4.39 Å². The van der Waals surface area contributed by atoms with Gasteiger partial charge in [0.1, 0.15) is 0 Å². The van der Waals surface area contributed by atoms with E-state index in [4.69, 9.17) is 4.74 Å². The van der Waals surface area contributed by atoms with E-state index in [-0.39, 0.29) is 16.9 Å². The molecule has 0 unspecified atom stereocenters. The Morgan fingerprint density at radius 1 is 1.45 bits per heavy atom. The second-order valence-corrected chi connectivity index (χ2v) is 7.09. The highest BCUT2D eigenvalue weighted by Crippen LogP contribution is 2.62. The van der Waals surface area contributed by atoms with Crippen molar-refractivity contribution in [3.05, 3.63) is 11.6 Å². The molecule has 0 aromatic rings. The van der Waals surface area contributed by atoms with Crippen molar-refractivity contribution in [2.45, 2.75) is 52.1 Å². The highest BCUT2D eigenvalue weighted by Gasteiger charge is 2.65. The fourth-order valence-corrected chi connectivity index (χ4v) is 4.56. The topological polar surface area (TPSA) is 46.5 Å². The SMILES string of the molecule is COC(=O)[C@@]1(F)C(CO)=CC[C@H]2C(C)(C)CCC[C@@]21C. The fraction of sp³-hybridized carbons (Fsp3) is 0.812. The molecule has 3 atom stereocenters. The predicted molar refractivity (Wildman–Crippen MR) is 74.9 cm³/mol. The van der Waals surface area contributed by atoms with E-state index >= 15 is 4.39 Å². The molecule has 4 heteroatoms. The van der Waals surface area contributed by atoms with E-state index in [1.807, 2.05) is 6.92 Å². The molecular formula is C16H25FO3. The molecule has 0 aliphatic heterocycles. The number of carbonyl (C=O) groups excluding carboxylic acids is 1. The van der Waals surface area contributed by atoms with E-state index in [9.17, 15) is 9.90 Å². The van der Waals surface area contributed by atoms with Crippen LogP contribution in [0.25, 0.3) is 0 Å². The Kier molecular flexibility index (Phi) is 3.74. The van der Waals surface area contributed by atoms with Crippen molar-refractivity contribution in [3.63, 3.8) is 0 Å². The molecule has 0 saturated heterocycles. The van der Waals surface area contributed by atoms with E-state index in [0.29, 0.717) is 12.8 Å². The van der Waals surface area contributed by atoms with E-state index in [1.165, 1.54) is 7.11 Å². The number of ether oxygens (including phenoxy) is 1. The van der Waals surface area contributed by atoms with Crippen molar-refractivity contribution in [2.75, 3.05) is 13.7 Å². The average molecular weight is 284 g/mol. The summed E-state index contributed by atoms with van der Waals surface area (Å²) in [4.78, 5) is 12.2. The number of alkyl halides is 1. The zero-order chi connectivity index (χ0) is 15.2. The van der Waals surface area contributed by atoms with Crippen LogP contribution in [0.3, 0.4) is 0 Å². The lowest BCUT2D eigenvalue weighted by atomic mass is 9.47. The third kappa shape index (κ3) is 1.84. The van der Waals surface area contributed by atoms with Crippen LogP contribution in [0.1, 0.15) is 46.5 Å².